The molecule has 2 N–H and O–H groups in total. The summed E-state index contributed by atoms with van der Waals surface area (Å²) in [5, 5.41) is 18.9. The van der Waals surface area contributed by atoms with E-state index in [9.17, 15) is 14.6 Å². The first-order chi connectivity index (χ1) is 6.56. The number of thiol groups is 1. The van der Waals surface area contributed by atoms with Gasteiger partial charge in [-0.15, -0.1) is 0 Å². The van der Waals surface area contributed by atoms with Gasteiger partial charge in [0.25, 0.3) is 0 Å². The Balaban J connectivity index is 2.95. The summed E-state index contributed by atoms with van der Waals surface area (Å²) in [5.74, 6) is -0.251. The lowest BCUT2D eigenvalue weighted by atomic mass is 10.1. The van der Waals surface area contributed by atoms with E-state index in [4.69, 9.17) is 0 Å². The summed E-state index contributed by atoms with van der Waals surface area (Å²) in [5.41, 5.74) is 0.452. The average molecular weight is 281 g/mol. The Morgan fingerprint density at radius 3 is 2.57 bits per heavy atom. The summed E-state index contributed by atoms with van der Waals surface area (Å²) in [6.45, 7) is 0. The van der Waals surface area contributed by atoms with Gasteiger partial charge in [0.15, 0.2) is 0 Å². The molecule has 14 heavy (non-hydrogen) atoms. The highest BCUT2D eigenvalue weighted by atomic mass is 79.9. The first-order valence-corrected chi connectivity index (χ1v) is 5.40. The van der Waals surface area contributed by atoms with Crippen LogP contribution in [0, 0.1) is 5.82 Å². The molecule has 5 heteroatoms. The lowest BCUT2D eigenvalue weighted by Crippen LogP contribution is -2.20. The van der Waals surface area contributed by atoms with Gasteiger partial charge in [0, 0.05) is 10.2 Å². The molecule has 0 aliphatic rings. The maximum Gasteiger partial charge on any atom is 0.124 e. The number of aliphatic hydroxyl groups is 2. The zero-order valence-corrected chi connectivity index (χ0v) is 9.67. The van der Waals surface area contributed by atoms with Gasteiger partial charge in [-0.3, -0.25) is 0 Å². The Morgan fingerprint density at radius 1 is 1.43 bits per heavy atom. The molecule has 0 radical (unpaired) electrons. The molecule has 2 atom stereocenters. The number of hydrogen-bond acceptors (Lipinski definition) is 3. The summed E-state index contributed by atoms with van der Waals surface area (Å²) in [6, 6.07) is 3.90. The Hall–Kier alpha value is -0.100. The van der Waals surface area contributed by atoms with Crippen LogP contribution < -0.4 is 0 Å². The van der Waals surface area contributed by atoms with Crippen LogP contribution in [-0.4, -0.2) is 22.1 Å². The van der Waals surface area contributed by atoms with E-state index in [1.54, 1.807) is 0 Å². The molecule has 0 heterocycles. The third kappa shape index (κ3) is 2.70. The van der Waals surface area contributed by atoms with Crippen LogP contribution in [0.5, 0.6) is 0 Å². The third-order valence-electron chi connectivity index (χ3n) is 1.83. The zero-order valence-electron chi connectivity index (χ0n) is 7.19. The molecule has 2 unspecified atom stereocenters. The van der Waals surface area contributed by atoms with Crippen LogP contribution in [0.2, 0.25) is 0 Å². The molecule has 1 aromatic rings. The van der Waals surface area contributed by atoms with E-state index in [-0.39, 0.29) is 5.75 Å². The average Bonchev–Trinajstić information content (AvgIpc) is 2.15. The maximum atomic E-state index is 12.7. The van der Waals surface area contributed by atoms with Crippen LogP contribution in [0.1, 0.15) is 11.7 Å². The first-order valence-electron chi connectivity index (χ1n) is 3.98. The van der Waals surface area contributed by atoms with E-state index in [1.807, 2.05) is 0 Å². The fourth-order valence-electron chi connectivity index (χ4n) is 1.05. The zero-order chi connectivity index (χ0) is 10.7. The van der Waals surface area contributed by atoms with Crippen LogP contribution in [0.15, 0.2) is 22.7 Å². The van der Waals surface area contributed by atoms with Crippen molar-refractivity contribution in [3.8, 4) is 0 Å². The molecule has 78 valence electrons. The predicted molar refractivity (Wildman–Crippen MR) is 58.9 cm³/mol. The Kier molecular flexibility index (Phi) is 4.37. The quantitative estimate of drug-likeness (QED) is 0.741. The second kappa shape index (κ2) is 5.11. The number of rotatable bonds is 3. The smallest absolute Gasteiger partial charge is 0.124 e. The maximum absolute atomic E-state index is 12.7. The minimum Gasteiger partial charge on any atom is -0.389 e. The second-order valence-electron chi connectivity index (χ2n) is 2.86. The van der Waals surface area contributed by atoms with Crippen molar-refractivity contribution in [2.75, 3.05) is 5.75 Å². The van der Waals surface area contributed by atoms with Crippen LogP contribution in [-0.2, 0) is 0 Å². The highest BCUT2D eigenvalue weighted by molar-refractivity contribution is 9.10. The van der Waals surface area contributed by atoms with Crippen molar-refractivity contribution in [1.29, 1.82) is 0 Å². The fourth-order valence-corrected chi connectivity index (χ4v) is 1.83. The number of benzene rings is 1. The SMILES string of the molecule is OC(CS)C(O)c1ccc(F)cc1Br. The molecule has 0 aliphatic carbocycles. The number of hydrogen-bond donors (Lipinski definition) is 3. The van der Waals surface area contributed by atoms with Gasteiger partial charge < -0.3 is 10.2 Å². The molecule has 0 aromatic heterocycles. The normalized spacial score (nSPS) is 15.2. The molecule has 2 nitrogen and oxygen atoms in total. The van der Waals surface area contributed by atoms with E-state index in [2.05, 4.69) is 28.6 Å². The van der Waals surface area contributed by atoms with E-state index in [0.717, 1.165) is 0 Å². The lowest BCUT2D eigenvalue weighted by molar-refractivity contribution is 0.0333. The van der Waals surface area contributed by atoms with Crippen molar-refractivity contribution in [2.45, 2.75) is 12.2 Å². The molecule has 0 bridgehead atoms. The Labute approximate surface area is 95.3 Å². The molecule has 1 rings (SSSR count). The van der Waals surface area contributed by atoms with Crippen LogP contribution in [0.4, 0.5) is 4.39 Å². The monoisotopic (exact) mass is 280 g/mol. The van der Waals surface area contributed by atoms with Crippen LogP contribution in [0.3, 0.4) is 0 Å². The fraction of sp³-hybridized carbons (Fsp3) is 0.333. The van der Waals surface area contributed by atoms with Crippen molar-refractivity contribution in [2.24, 2.45) is 0 Å². The van der Waals surface area contributed by atoms with Gasteiger partial charge in [-0.2, -0.15) is 12.6 Å². The van der Waals surface area contributed by atoms with Gasteiger partial charge in [0.05, 0.1) is 6.10 Å². The van der Waals surface area contributed by atoms with Crippen molar-refractivity contribution in [3.63, 3.8) is 0 Å². The number of aliphatic hydroxyl groups excluding tert-OH is 2. The molecular weight excluding hydrogens is 271 g/mol. The summed E-state index contributed by atoms with van der Waals surface area (Å²) >= 11 is 6.97. The second-order valence-corrected chi connectivity index (χ2v) is 4.08. The van der Waals surface area contributed by atoms with Gasteiger partial charge in [0.2, 0.25) is 0 Å². The third-order valence-corrected chi connectivity index (χ3v) is 2.89. The van der Waals surface area contributed by atoms with Gasteiger partial charge in [-0.1, -0.05) is 22.0 Å². The Morgan fingerprint density at radius 2 is 2.07 bits per heavy atom. The summed E-state index contributed by atoms with van der Waals surface area (Å²) < 4.78 is 13.1. The highest BCUT2D eigenvalue weighted by Crippen LogP contribution is 2.26. The van der Waals surface area contributed by atoms with Crippen LogP contribution in [0.25, 0.3) is 0 Å². The predicted octanol–water partition coefficient (Wildman–Crippen LogP) is 1.91. The van der Waals surface area contributed by atoms with Gasteiger partial charge in [-0.25, -0.2) is 4.39 Å². The highest BCUT2D eigenvalue weighted by Gasteiger charge is 2.19. The molecule has 0 spiro atoms. The van der Waals surface area contributed by atoms with Gasteiger partial charge in [-0.05, 0) is 17.7 Å². The summed E-state index contributed by atoms with van der Waals surface area (Å²) in [7, 11) is 0. The first kappa shape index (κ1) is 12.0. The van der Waals surface area contributed by atoms with Crippen LogP contribution >= 0.6 is 28.6 Å². The van der Waals surface area contributed by atoms with Crippen molar-refractivity contribution >= 4 is 28.6 Å². The van der Waals surface area contributed by atoms with Crippen molar-refractivity contribution < 1.29 is 14.6 Å². The molecular formula is C9H10BrFO2S. The summed E-state index contributed by atoms with van der Waals surface area (Å²) in [6.07, 6.45) is -2.01. The summed E-state index contributed by atoms with van der Waals surface area (Å²) in [4.78, 5) is 0. The minimum absolute atomic E-state index is 0.144. The van der Waals surface area contributed by atoms with E-state index in [1.165, 1.54) is 18.2 Å². The van der Waals surface area contributed by atoms with Gasteiger partial charge >= 0.3 is 0 Å². The topological polar surface area (TPSA) is 40.5 Å². The standard InChI is InChI=1S/C9H10BrFO2S/c10-7-3-5(11)1-2-6(7)9(13)8(12)4-14/h1-3,8-9,12-14H,4H2. The van der Waals surface area contributed by atoms with Gasteiger partial charge in [0.1, 0.15) is 11.9 Å². The molecule has 0 fully saturated rings. The van der Waals surface area contributed by atoms with Crippen molar-refractivity contribution in [3.05, 3.63) is 34.1 Å². The Bertz CT molecular complexity index is 322. The minimum atomic E-state index is -1.05. The van der Waals surface area contributed by atoms with Crippen molar-refractivity contribution in [1.82, 2.24) is 0 Å². The van der Waals surface area contributed by atoms with E-state index >= 15 is 0 Å². The van der Waals surface area contributed by atoms with E-state index in [0.29, 0.717) is 10.0 Å². The lowest BCUT2D eigenvalue weighted by Gasteiger charge is -2.17. The van der Waals surface area contributed by atoms with E-state index < -0.39 is 18.0 Å². The molecule has 0 saturated heterocycles. The molecule has 0 aliphatic heterocycles. The number of halogens is 2. The largest absolute Gasteiger partial charge is 0.389 e. The molecule has 1 aromatic carbocycles. The molecule has 0 amide bonds. The molecule has 0 saturated carbocycles.